The van der Waals surface area contributed by atoms with Crippen molar-refractivity contribution in [2.45, 2.75) is 34.1 Å². The van der Waals surface area contributed by atoms with E-state index in [2.05, 4.69) is 15.6 Å². The maximum absolute atomic E-state index is 12.8. The fourth-order valence-electron chi connectivity index (χ4n) is 3.34. The number of amides is 2. The average Bonchev–Trinajstić information content (AvgIpc) is 3.04. The van der Waals surface area contributed by atoms with Crippen LogP contribution >= 0.6 is 11.3 Å². The standard InChI is InChI=1S/C23H25N3O3S/c1-13-9-14(2)20(15(3)10-13)26-22(28)21-16(4)24-23(30-21)25-19(27)12-17-7-6-8-18(11-17)29-5/h6-11H,12H2,1-5H3,(H,26,28)(H,24,25,27). The first-order valence-corrected chi connectivity index (χ1v) is 10.4. The molecule has 1 aromatic heterocycles. The molecule has 0 fully saturated rings. The first-order chi connectivity index (χ1) is 14.3. The molecule has 30 heavy (non-hydrogen) atoms. The second-order valence-corrected chi connectivity index (χ2v) is 8.24. The van der Waals surface area contributed by atoms with E-state index in [0.29, 0.717) is 21.5 Å². The number of carbonyl (C=O) groups excluding carboxylic acids is 2. The lowest BCUT2D eigenvalue weighted by molar-refractivity contribution is -0.115. The quantitative estimate of drug-likeness (QED) is 0.596. The topological polar surface area (TPSA) is 80.3 Å². The maximum Gasteiger partial charge on any atom is 0.267 e. The fourth-order valence-corrected chi connectivity index (χ4v) is 4.22. The van der Waals surface area contributed by atoms with Crippen LogP contribution in [-0.4, -0.2) is 23.9 Å². The van der Waals surface area contributed by atoms with Crippen LogP contribution in [0.3, 0.4) is 0 Å². The van der Waals surface area contributed by atoms with Crippen LogP contribution in [0, 0.1) is 27.7 Å². The highest BCUT2D eigenvalue weighted by atomic mass is 32.1. The highest BCUT2D eigenvalue weighted by Gasteiger charge is 2.18. The molecular weight excluding hydrogens is 398 g/mol. The Morgan fingerprint density at radius 3 is 2.40 bits per heavy atom. The molecule has 0 bridgehead atoms. The molecule has 0 saturated heterocycles. The summed E-state index contributed by atoms with van der Waals surface area (Å²) in [6, 6.07) is 11.4. The molecule has 2 amide bonds. The van der Waals surface area contributed by atoms with E-state index in [1.54, 1.807) is 14.0 Å². The molecular formula is C23H25N3O3S. The summed E-state index contributed by atoms with van der Waals surface area (Å²) < 4.78 is 5.19. The van der Waals surface area contributed by atoms with E-state index in [0.717, 1.165) is 27.9 Å². The van der Waals surface area contributed by atoms with Crippen molar-refractivity contribution in [1.82, 2.24) is 4.98 Å². The van der Waals surface area contributed by atoms with Crippen molar-refractivity contribution < 1.29 is 14.3 Å². The lowest BCUT2D eigenvalue weighted by Gasteiger charge is -2.12. The second kappa shape index (κ2) is 9.09. The summed E-state index contributed by atoms with van der Waals surface area (Å²) in [5.74, 6) is 0.272. The number of aryl methyl sites for hydroxylation is 4. The number of rotatable bonds is 6. The van der Waals surface area contributed by atoms with Gasteiger partial charge < -0.3 is 15.4 Å². The Hall–Kier alpha value is -3.19. The zero-order chi connectivity index (χ0) is 21.8. The minimum absolute atomic E-state index is 0.194. The fraction of sp³-hybridized carbons (Fsp3) is 0.261. The number of benzene rings is 2. The highest BCUT2D eigenvalue weighted by Crippen LogP contribution is 2.27. The first-order valence-electron chi connectivity index (χ1n) is 9.56. The van der Waals surface area contributed by atoms with Crippen LogP contribution in [0.25, 0.3) is 0 Å². The molecule has 3 rings (SSSR count). The van der Waals surface area contributed by atoms with Crippen molar-refractivity contribution in [2.24, 2.45) is 0 Å². The zero-order valence-corrected chi connectivity index (χ0v) is 18.6. The molecule has 0 aliphatic heterocycles. The molecule has 3 aromatic rings. The average molecular weight is 424 g/mol. The number of ether oxygens (including phenoxy) is 1. The van der Waals surface area contributed by atoms with Gasteiger partial charge in [-0.25, -0.2) is 4.98 Å². The summed E-state index contributed by atoms with van der Waals surface area (Å²) in [5.41, 5.74) is 5.39. The molecule has 1 heterocycles. The molecule has 2 aromatic carbocycles. The minimum atomic E-state index is -0.228. The number of hydrogen-bond acceptors (Lipinski definition) is 5. The number of nitrogens with one attached hydrogen (secondary N) is 2. The maximum atomic E-state index is 12.8. The van der Waals surface area contributed by atoms with Gasteiger partial charge in [-0.1, -0.05) is 41.2 Å². The molecule has 0 atom stereocenters. The van der Waals surface area contributed by atoms with Gasteiger partial charge in [-0.15, -0.1) is 0 Å². The largest absolute Gasteiger partial charge is 0.497 e. The van der Waals surface area contributed by atoms with Gasteiger partial charge in [0.05, 0.1) is 19.2 Å². The third-order valence-corrected chi connectivity index (χ3v) is 5.74. The minimum Gasteiger partial charge on any atom is -0.497 e. The Balaban J connectivity index is 1.70. The number of thiazole rings is 1. The Kier molecular flexibility index (Phi) is 6.52. The Bertz CT molecular complexity index is 1080. The third-order valence-electron chi connectivity index (χ3n) is 4.66. The van der Waals surface area contributed by atoms with E-state index >= 15 is 0 Å². The molecule has 0 aliphatic carbocycles. The van der Waals surface area contributed by atoms with Gasteiger partial charge in [0, 0.05) is 5.69 Å². The Morgan fingerprint density at radius 2 is 1.73 bits per heavy atom. The van der Waals surface area contributed by atoms with Crippen LogP contribution in [0.4, 0.5) is 10.8 Å². The number of hydrogen-bond donors (Lipinski definition) is 2. The summed E-state index contributed by atoms with van der Waals surface area (Å²) in [4.78, 5) is 30.0. The van der Waals surface area contributed by atoms with E-state index < -0.39 is 0 Å². The predicted molar refractivity (Wildman–Crippen MR) is 121 cm³/mol. The molecule has 156 valence electrons. The first kappa shape index (κ1) is 21.5. The summed E-state index contributed by atoms with van der Waals surface area (Å²) in [7, 11) is 1.59. The van der Waals surface area contributed by atoms with E-state index in [-0.39, 0.29) is 18.2 Å². The van der Waals surface area contributed by atoms with Gasteiger partial charge in [0.15, 0.2) is 5.13 Å². The van der Waals surface area contributed by atoms with Gasteiger partial charge >= 0.3 is 0 Å². The van der Waals surface area contributed by atoms with Crippen molar-refractivity contribution in [2.75, 3.05) is 17.7 Å². The number of methoxy groups -OCH3 is 1. The van der Waals surface area contributed by atoms with Crippen molar-refractivity contribution in [3.8, 4) is 5.75 Å². The molecule has 0 aliphatic rings. The monoisotopic (exact) mass is 423 g/mol. The smallest absolute Gasteiger partial charge is 0.267 e. The van der Waals surface area contributed by atoms with Gasteiger partial charge in [0.1, 0.15) is 10.6 Å². The van der Waals surface area contributed by atoms with Crippen molar-refractivity contribution >= 4 is 34.0 Å². The lowest BCUT2D eigenvalue weighted by Crippen LogP contribution is -2.14. The van der Waals surface area contributed by atoms with E-state index in [4.69, 9.17) is 4.74 Å². The molecule has 0 unspecified atom stereocenters. The van der Waals surface area contributed by atoms with Crippen LogP contribution in [0.15, 0.2) is 36.4 Å². The Morgan fingerprint density at radius 1 is 1.03 bits per heavy atom. The number of nitrogens with zero attached hydrogens (tertiary/aromatic N) is 1. The van der Waals surface area contributed by atoms with Crippen molar-refractivity contribution in [1.29, 1.82) is 0 Å². The summed E-state index contributed by atoms with van der Waals surface area (Å²) in [6.07, 6.45) is 0.194. The van der Waals surface area contributed by atoms with E-state index in [9.17, 15) is 9.59 Å². The van der Waals surface area contributed by atoms with Crippen molar-refractivity contribution in [3.63, 3.8) is 0 Å². The molecule has 0 saturated carbocycles. The predicted octanol–water partition coefficient (Wildman–Crippen LogP) is 4.82. The molecule has 7 heteroatoms. The van der Waals surface area contributed by atoms with Gasteiger partial charge in [0.25, 0.3) is 5.91 Å². The SMILES string of the molecule is COc1cccc(CC(=O)Nc2nc(C)c(C(=O)Nc3c(C)cc(C)cc3C)s2)c1. The van der Waals surface area contributed by atoms with Crippen molar-refractivity contribution in [3.05, 3.63) is 69.2 Å². The third kappa shape index (κ3) is 5.04. The molecule has 0 spiro atoms. The van der Waals surface area contributed by atoms with Crippen LogP contribution < -0.4 is 15.4 Å². The summed E-state index contributed by atoms with van der Waals surface area (Å²) >= 11 is 1.17. The lowest BCUT2D eigenvalue weighted by atomic mass is 10.1. The number of anilines is 2. The molecule has 6 nitrogen and oxygen atoms in total. The van der Waals surface area contributed by atoms with E-state index in [1.807, 2.05) is 57.2 Å². The zero-order valence-electron chi connectivity index (χ0n) is 17.8. The van der Waals surface area contributed by atoms with Crippen LogP contribution in [0.5, 0.6) is 5.75 Å². The molecule has 0 radical (unpaired) electrons. The normalized spacial score (nSPS) is 10.6. The Labute approximate surface area is 180 Å². The second-order valence-electron chi connectivity index (χ2n) is 7.24. The van der Waals surface area contributed by atoms with Crippen LogP contribution in [0.1, 0.15) is 37.6 Å². The van der Waals surface area contributed by atoms with Gasteiger partial charge in [-0.05, 0) is 56.5 Å². The summed E-state index contributed by atoms with van der Waals surface area (Å²) in [6.45, 7) is 7.73. The van der Waals surface area contributed by atoms with Crippen LogP contribution in [0.2, 0.25) is 0 Å². The number of carbonyl (C=O) groups is 2. The van der Waals surface area contributed by atoms with Gasteiger partial charge in [0.2, 0.25) is 5.91 Å². The van der Waals surface area contributed by atoms with E-state index in [1.165, 1.54) is 11.3 Å². The molecule has 2 N–H and O–H groups in total. The van der Waals surface area contributed by atoms with Gasteiger partial charge in [-0.2, -0.15) is 0 Å². The number of aromatic nitrogens is 1. The van der Waals surface area contributed by atoms with Crippen LogP contribution in [-0.2, 0) is 11.2 Å². The van der Waals surface area contributed by atoms with Gasteiger partial charge in [-0.3, -0.25) is 9.59 Å². The summed E-state index contributed by atoms with van der Waals surface area (Å²) in [5, 5.41) is 6.18. The highest BCUT2D eigenvalue weighted by molar-refractivity contribution is 7.17.